The molecule has 0 unspecified atom stereocenters. The van der Waals surface area contributed by atoms with Gasteiger partial charge in [-0.1, -0.05) is 12.1 Å². The number of benzene rings is 2. The molecule has 2 aromatic rings. The van der Waals surface area contributed by atoms with Crippen molar-refractivity contribution in [3.63, 3.8) is 0 Å². The molecule has 0 radical (unpaired) electrons. The molecule has 1 aliphatic heterocycles. The molecule has 0 saturated carbocycles. The quantitative estimate of drug-likeness (QED) is 0.351. The number of ether oxygens (including phenoxy) is 4. The van der Waals surface area contributed by atoms with E-state index in [1.165, 1.54) is 25.1 Å². The molecule has 0 spiro atoms. The average molecular weight is 449 g/mol. The van der Waals surface area contributed by atoms with E-state index in [0.29, 0.717) is 42.4 Å². The molecule has 0 aliphatic carbocycles. The molecular weight excluding hydrogens is 426 g/mol. The van der Waals surface area contributed by atoms with Crippen molar-refractivity contribution < 1.29 is 37.0 Å². The number of rotatable bonds is 9. The fraction of sp³-hybridized carbons (Fsp3) is 0.333. The van der Waals surface area contributed by atoms with Crippen molar-refractivity contribution in [1.82, 2.24) is 4.72 Å². The van der Waals surface area contributed by atoms with Crippen molar-refractivity contribution in [1.29, 1.82) is 0 Å². The molecule has 3 rings (SSSR count). The monoisotopic (exact) mass is 449 g/mol. The molecule has 1 N–H and O–H groups in total. The molecule has 0 fully saturated rings. The number of carbonyl (C=O) groups excluding carboxylic acids is 2. The zero-order chi connectivity index (χ0) is 22.3. The summed E-state index contributed by atoms with van der Waals surface area (Å²) < 4.78 is 48.5. The number of hydrogen-bond donors (Lipinski definition) is 1. The van der Waals surface area contributed by atoms with Crippen LogP contribution in [0.2, 0.25) is 0 Å². The van der Waals surface area contributed by atoms with Gasteiger partial charge in [0.25, 0.3) is 0 Å². The molecular formula is C21H23NO8S. The number of carbonyl (C=O) groups is 2. The Bertz CT molecular complexity index is 1050. The fourth-order valence-electron chi connectivity index (χ4n) is 2.79. The van der Waals surface area contributed by atoms with Crippen LogP contribution in [0.3, 0.4) is 0 Å². The molecule has 0 atom stereocenters. The highest BCUT2D eigenvalue weighted by atomic mass is 32.2. The molecule has 9 nitrogen and oxygen atoms in total. The molecule has 1 aliphatic rings. The van der Waals surface area contributed by atoms with Crippen LogP contribution in [0.15, 0.2) is 47.4 Å². The first-order valence-electron chi connectivity index (χ1n) is 9.64. The van der Waals surface area contributed by atoms with Gasteiger partial charge in [0.2, 0.25) is 10.0 Å². The van der Waals surface area contributed by atoms with E-state index >= 15 is 0 Å². The predicted octanol–water partition coefficient (Wildman–Crippen LogP) is 1.95. The maximum absolute atomic E-state index is 12.5. The minimum absolute atomic E-state index is 0.0188. The molecule has 0 bridgehead atoms. The Balaban J connectivity index is 1.47. The number of esters is 1. The Labute approximate surface area is 180 Å². The van der Waals surface area contributed by atoms with Crippen molar-refractivity contribution >= 4 is 21.8 Å². The summed E-state index contributed by atoms with van der Waals surface area (Å²) >= 11 is 0. The molecule has 10 heteroatoms. The zero-order valence-corrected chi connectivity index (χ0v) is 17.8. The van der Waals surface area contributed by atoms with Crippen LogP contribution >= 0.6 is 0 Å². The summed E-state index contributed by atoms with van der Waals surface area (Å²) in [6.07, 6.45) is 0.699. The van der Waals surface area contributed by atoms with Crippen LogP contribution in [0.5, 0.6) is 17.2 Å². The summed E-state index contributed by atoms with van der Waals surface area (Å²) in [6.45, 7) is 1.72. The SMILES string of the molecule is CC(=O)c1ccccc1OCCOC(=O)CNS(=O)(=O)c1ccc2c(c1)OCCCO2. The van der Waals surface area contributed by atoms with Crippen molar-refractivity contribution in [3.8, 4) is 17.2 Å². The highest BCUT2D eigenvalue weighted by Crippen LogP contribution is 2.31. The van der Waals surface area contributed by atoms with Gasteiger partial charge in [-0.15, -0.1) is 0 Å². The smallest absolute Gasteiger partial charge is 0.321 e. The van der Waals surface area contributed by atoms with E-state index in [1.807, 2.05) is 0 Å². The molecule has 0 aromatic heterocycles. The third kappa shape index (κ3) is 6.19. The second-order valence-corrected chi connectivity index (χ2v) is 8.37. The Morgan fingerprint density at radius 2 is 1.77 bits per heavy atom. The largest absolute Gasteiger partial charge is 0.490 e. The van der Waals surface area contributed by atoms with Gasteiger partial charge < -0.3 is 18.9 Å². The van der Waals surface area contributed by atoms with Crippen molar-refractivity contribution in [2.45, 2.75) is 18.2 Å². The lowest BCUT2D eigenvalue weighted by molar-refractivity contribution is -0.142. The summed E-state index contributed by atoms with van der Waals surface area (Å²) in [7, 11) is -3.94. The van der Waals surface area contributed by atoms with E-state index in [2.05, 4.69) is 4.72 Å². The van der Waals surface area contributed by atoms with Crippen molar-refractivity contribution in [3.05, 3.63) is 48.0 Å². The molecule has 0 amide bonds. The minimum atomic E-state index is -3.94. The molecule has 166 valence electrons. The van der Waals surface area contributed by atoms with Gasteiger partial charge in [-0.3, -0.25) is 9.59 Å². The Morgan fingerprint density at radius 1 is 1.03 bits per heavy atom. The fourth-order valence-corrected chi connectivity index (χ4v) is 3.77. The molecule has 0 saturated heterocycles. The van der Waals surface area contributed by atoms with Crippen LogP contribution in [0, 0.1) is 0 Å². The van der Waals surface area contributed by atoms with Crippen LogP contribution in [0.1, 0.15) is 23.7 Å². The van der Waals surface area contributed by atoms with Crippen LogP contribution in [0.25, 0.3) is 0 Å². The summed E-state index contributed by atoms with van der Waals surface area (Å²) in [5.41, 5.74) is 0.428. The van der Waals surface area contributed by atoms with Crippen molar-refractivity contribution in [2.75, 3.05) is 33.0 Å². The third-order valence-electron chi connectivity index (χ3n) is 4.31. The summed E-state index contributed by atoms with van der Waals surface area (Å²) in [4.78, 5) is 23.4. The number of hydrogen-bond acceptors (Lipinski definition) is 8. The Kier molecular flexibility index (Phi) is 7.48. The number of nitrogens with one attached hydrogen (secondary N) is 1. The maximum Gasteiger partial charge on any atom is 0.321 e. The predicted molar refractivity (Wildman–Crippen MR) is 110 cm³/mol. The number of sulfonamides is 1. The second-order valence-electron chi connectivity index (χ2n) is 6.60. The van der Waals surface area contributed by atoms with Gasteiger partial charge in [0.15, 0.2) is 17.3 Å². The highest BCUT2D eigenvalue weighted by Gasteiger charge is 2.20. The van der Waals surface area contributed by atoms with E-state index in [0.717, 1.165) is 0 Å². The van der Waals surface area contributed by atoms with E-state index < -0.39 is 22.5 Å². The third-order valence-corrected chi connectivity index (χ3v) is 5.71. The van der Waals surface area contributed by atoms with Crippen LogP contribution in [-0.4, -0.2) is 53.1 Å². The highest BCUT2D eigenvalue weighted by molar-refractivity contribution is 7.89. The van der Waals surface area contributed by atoms with E-state index in [9.17, 15) is 18.0 Å². The summed E-state index contributed by atoms with van der Waals surface area (Å²) in [5, 5.41) is 0. The van der Waals surface area contributed by atoms with Crippen LogP contribution in [0.4, 0.5) is 0 Å². The lowest BCUT2D eigenvalue weighted by Crippen LogP contribution is -2.31. The van der Waals surface area contributed by atoms with E-state index in [-0.39, 0.29) is 23.9 Å². The van der Waals surface area contributed by atoms with Crippen LogP contribution < -0.4 is 18.9 Å². The van der Waals surface area contributed by atoms with Crippen LogP contribution in [-0.2, 0) is 19.6 Å². The topological polar surface area (TPSA) is 117 Å². The molecule has 2 aromatic carbocycles. The first kappa shape index (κ1) is 22.6. The number of Topliss-reactive ketones (excluding diaryl/α,β-unsaturated/α-hetero) is 1. The first-order chi connectivity index (χ1) is 14.9. The Morgan fingerprint density at radius 3 is 2.55 bits per heavy atom. The maximum atomic E-state index is 12.5. The van der Waals surface area contributed by atoms with Crippen molar-refractivity contribution in [2.24, 2.45) is 0 Å². The number of para-hydroxylation sites is 1. The van der Waals surface area contributed by atoms with Gasteiger partial charge in [0.1, 0.15) is 25.5 Å². The van der Waals surface area contributed by atoms with E-state index in [1.54, 1.807) is 24.3 Å². The van der Waals surface area contributed by atoms with E-state index in [4.69, 9.17) is 18.9 Å². The minimum Gasteiger partial charge on any atom is -0.490 e. The lowest BCUT2D eigenvalue weighted by Gasteiger charge is -2.11. The van der Waals surface area contributed by atoms with Gasteiger partial charge >= 0.3 is 5.97 Å². The first-order valence-corrected chi connectivity index (χ1v) is 11.1. The van der Waals surface area contributed by atoms with Gasteiger partial charge in [-0.2, -0.15) is 4.72 Å². The number of ketones is 1. The lowest BCUT2D eigenvalue weighted by atomic mass is 10.1. The van der Waals surface area contributed by atoms with Gasteiger partial charge in [-0.05, 0) is 31.2 Å². The van der Waals surface area contributed by atoms with Gasteiger partial charge in [0.05, 0.1) is 23.7 Å². The average Bonchev–Trinajstić information content (AvgIpc) is 3.00. The zero-order valence-electron chi connectivity index (χ0n) is 17.0. The van der Waals surface area contributed by atoms with Gasteiger partial charge in [-0.25, -0.2) is 8.42 Å². The Hall–Kier alpha value is -3.11. The normalized spacial score (nSPS) is 13.2. The second kappa shape index (κ2) is 10.3. The standard InChI is InChI=1S/C21H23NO8S/c1-15(23)17-5-2-3-6-18(17)29-11-12-30-21(24)14-22-31(25,26)16-7-8-19-20(13-16)28-10-4-9-27-19/h2-3,5-8,13,22H,4,9-12,14H2,1H3. The molecule has 1 heterocycles. The molecule has 31 heavy (non-hydrogen) atoms. The number of fused-ring (bicyclic) bond motifs is 1. The van der Waals surface area contributed by atoms with Gasteiger partial charge in [0, 0.05) is 12.5 Å². The summed E-state index contributed by atoms with van der Waals surface area (Å²) in [5.74, 6) is 0.299. The summed E-state index contributed by atoms with van der Waals surface area (Å²) in [6, 6.07) is 11.0.